The van der Waals surface area contributed by atoms with Gasteiger partial charge in [-0.05, 0) is 30.3 Å². The van der Waals surface area contributed by atoms with E-state index in [0.29, 0.717) is 11.3 Å². The van der Waals surface area contributed by atoms with Crippen LogP contribution >= 0.6 is 0 Å². The lowest BCUT2D eigenvalue weighted by molar-refractivity contribution is 0.619. The van der Waals surface area contributed by atoms with Gasteiger partial charge in [-0.2, -0.15) is 10.5 Å². The summed E-state index contributed by atoms with van der Waals surface area (Å²) in [7, 11) is 0. The highest BCUT2D eigenvalue weighted by molar-refractivity contribution is 6.17. The summed E-state index contributed by atoms with van der Waals surface area (Å²) in [5.74, 6) is -0.807. The molecule has 31 heavy (non-hydrogen) atoms. The van der Waals surface area contributed by atoms with E-state index in [9.17, 15) is 14.9 Å². The molecule has 0 bridgehead atoms. The first-order valence-corrected chi connectivity index (χ1v) is 9.69. The van der Waals surface area contributed by atoms with Crippen molar-refractivity contribution < 1.29 is 8.81 Å². The van der Waals surface area contributed by atoms with Gasteiger partial charge in [-0.15, -0.1) is 0 Å². The molecule has 0 radical (unpaired) electrons. The molecule has 144 valence electrons. The van der Waals surface area contributed by atoms with Gasteiger partial charge in [0.1, 0.15) is 28.9 Å². The minimum atomic E-state index is -0.807. The van der Waals surface area contributed by atoms with E-state index in [1.165, 1.54) is 6.07 Å². The van der Waals surface area contributed by atoms with Gasteiger partial charge in [-0.3, -0.25) is 0 Å². The van der Waals surface area contributed by atoms with E-state index in [0.717, 1.165) is 38.2 Å². The van der Waals surface area contributed by atoms with E-state index in [1.54, 1.807) is 12.1 Å². The lowest BCUT2D eigenvalue weighted by Gasteiger charge is -2.11. The standard InChI is InChI=1S/C26H12FN3O/c27-26-15(13-28)9-10-22(20(26)14-29)30-21-7-3-1-5-16(21)18-11-19-17-6-2-4-8-24(17)31-25(19)12-23(18)30/h1-12H. The maximum atomic E-state index is 14.8. The second kappa shape index (κ2) is 6.19. The maximum absolute atomic E-state index is 14.8. The number of benzene rings is 4. The molecule has 5 heteroatoms. The van der Waals surface area contributed by atoms with E-state index in [1.807, 2.05) is 65.2 Å². The summed E-state index contributed by atoms with van der Waals surface area (Å²) in [5, 5.41) is 22.9. The number of hydrogen-bond donors (Lipinski definition) is 0. The third kappa shape index (κ3) is 2.26. The molecule has 0 aliphatic carbocycles. The Bertz CT molecular complexity index is 1780. The van der Waals surface area contributed by atoms with Crippen LogP contribution < -0.4 is 0 Å². The molecule has 0 atom stereocenters. The average molecular weight is 401 g/mol. The predicted molar refractivity (Wildman–Crippen MR) is 117 cm³/mol. The quantitative estimate of drug-likeness (QED) is 0.313. The van der Waals surface area contributed by atoms with Crippen molar-refractivity contribution in [1.82, 2.24) is 4.57 Å². The molecule has 0 saturated heterocycles. The molecule has 6 rings (SSSR count). The molecule has 0 spiro atoms. The SMILES string of the molecule is N#Cc1ccc(-n2c3ccccc3c3cc4c(cc32)oc2ccccc24)c(C#N)c1F. The van der Waals surface area contributed by atoms with Gasteiger partial charge in [0.2, 0.25) is 0 Å². The van der Waals surface area contributed by atoms with E-state index >= 15 is 0 Å². The minimum absolute atomic E-state index is 0.152. The Morgan fingerprint density at radius 3 is 2.29 bits per heavy atom. The third-order valence-corrected chi connectivity index (χ3v) is 5.76. The fourth-order valence-electron chi connectivity index (χ4n) is 4.39. The molecule has 0 N–H and O–H groups in total. The molecule has 2 aromatic heterocycles. The molecule has 0 amide bonds. The van der Waals surface area contributed by atoms with Gasteiger partial charge in [-0.1, -0.05) is 36.4 Å². The van der Waals surface area contributed by atoms with Crippen molar-refractivity contribution >= 4 is 43.7 Å². The molecule has 0 fully saturated rings. The molecule has 0 saturated carbocycles. The lowest BCUT2D eigenvalue weighted by atomic mass is 10.1. The zero-order chi connectivity index (χ0) is 21.1. The summed E-state index contributed by atoms with van der Waals surface area (Å²) < 4.78 is 22.8. The first-order chi connectivity index (χ1) is 15.2. The van der Waals surface area contributed by atoms with Crippen LogP contribution in [-0.2, 0) is 0 Å². The van der Waals surface area contributed by atoms with Crippen LogP contribution in [0.3, 0.4) is 0 Å². The van der Waals surface area contributed by atoms with E-state index in [-0.39, 0.29) is 11.1 Å². The number of aromatic nitrogens is 1. The number of nitrogens with zero attached hydrogens (tertiary/aromatic N) is 3. The molecular weight excluding hydrogens is 389 g/mol. The molecule has 0 aliphatic heterocycles. The molecule has 6 aromatic rings. The second-order valence-electron chi connectivity index (χ2n) is 7.36. The highest BCUT2D eigenvalue weighted by atomic mass is 19.1. The zero-order valence-corrected chi connectivity index (χ0v) is 16.1. The Morgan fingerprint density at radius 2 is 1.48 bits per heavy atom. The monoisotopic (exact) mass is 401 g/mol. The Morgan fingerprint density at radius 1 is 0.710 bits per heavy atom. The van der Waals surface area contributed by atoms with Gasteiger partial charge >= 0.3 is 0 Å². The topological polar surface area (TPSA) is 65.7 Å². The number of halogens is 1. The number of hydrogen-bond acceptors (Lipinski definition) is 3. The van der Waals surface area contributed by atoms with Crippen molar-refractivity contribution in [1.29, 1.82) is 10.5 Å². The number of fused-ring (bicyclic) bond motifs is 6. The normalized spacial score (nSPS) is 11.3. The zero-order valence-electron chi connectivity index (χ0n) is 16.1. The molecule has 0 unspecified atom stereocenters. The molecular formula is C26H12FN3O. The van der Waals surface area contributed by atoms with Crippen LogP contribution in [0.4, 0.5) is 4.39 Å². The van der Waals surface area contributed by atoms with Gasteiger partial charge < -0.3 is 8.98 Å². The average Bonchev–Trinajstić information content (AvgIpc) is 3.32. The van der Waals surface area contributed by atoms with Gasteiger partial charge in [0.05, 0.1) is 22.3 Å². The van der Waals surface area contributed by atoms with Crippen LogP contribution in [0.2, 0.25) is 0 Å². The van der Waals surface area contributed by atoms with Crippen molar-refractivity contribution in [2.24, 2.45) is 0 Å². The van der Waals surface area contributed by atoms with Crippen molar-refractivity contribution in [3.8, 4) is 17.8 Å². The fraction of sp³-hybridized carbons (Fsp3) is 0. The smallest absolute Gasteiger partial charge is 0.160 e. The van der Waals surface area contributed by atoms with Gasteiger partial charge in [-0.25, -0.2) is 4.39 Å². The van der Waals surface area contributed by atoms with Crippen LogP contribution in [0.25, 0.3) is 49.4 Å². The fourth-order valence-corrected chi connectivity index (χ4v) is 4.39. The summed E-state index contributed by atoms with van der Waals surface area (Å²) in [6, 6.07) is 26.5. The Labute approximate surface area is 175 Å². The first kappa shape index (κ1) is 17.3. The Balaban J connectivity index is 1.82. The van der Waals surface area contributed by atoms with Gasteiger partial charge in [0, 0.05) is 27.6 Å². The molecule has 0 aliphatic rings. The van der Waals surface area contributed by atoms with E-state index in [4.69, 9.17) is 4.42 Å². The van der Waals surface area contributed by atoms with Gasteiger partial charge in [0.15, 0.2) is 5.82 Å². The van der Waals surface area contributed by atoms with Crippen molar-refractivity contribution in [2.45, 2.75) is 0 Å². The predicted octanol–water partition coefficient (Wildman–Crippen LogP) is 6.57. The minimum Gasteiger partial charge on any atom is -0.456 e. The van der Waals surface area contributed by atoms with Crippen molar-refractivity contribution in [3.63, 3.8) is 0 Å². The summed E-state index contributed by atoms with van der Waals surface area (Å²) in [6.45, 7) is 0. The summed E-state index contributed by atoms with van der Waals surface area (Å²) in [6.07, 6.45) is 0. The van der Waals surface area contributed by atoms with E-state index < -0.39 is 5.82 Å². The summed E-state index contributed by atoms with van der Waals surface area (Å²) in [4.78, 5) is 0. The van der Waals surface area contributed by atoms with Crippen LogP contribution in [0.5, 0.6) is 0 Å². The molecule has 4 nitrogen and oxygen atoms in total. The second-order valence-corrected chi connectivity index (χ2v) is 7.36. The largest absolute Gasteiger partial charge is 0.456 e. The highest BCUT2D eigenvalue weighted by Crippen LogP contribution is 2.38. The van der Waals surface area contributed by atoms with Crippen LogP contribution in [0, 0.1) is 28.5 Å². The third-order valence-electron chi connectivity index (χ3n) is 5.76. The van der Waals surface area contributed by atoms with Gasteiger partial charge in [0.25, 0.3) is 0 Å². The Kier molecular flexibility index (Phi) is 3.45. The van der Waals surface area contributed by atoms with E-state index in [2.05, 4.69) is 6.07 Å². The molecule has 4 aromatic carbocycles. The molecule has 2 heterocycles. The first-order valence-electron chi connectivity index (χ1n) is 9.69. The number of rotatable bonds is 1. The summed E-state index contributed by atoms with van der Waals surface area (Å²) in [5.41, 5.74) is 3.23. The lowest BCUT2D eigenvalue weighted by Crippen LogP contribution is -2.01. The van der Waals surface area contributed by atoms with Crippen LogP contribution in [-0.4, -0.2) is 4.57 Å². The maximum Gasteiger partial charge on any atom is 0.160 e. The van der Waals surface area contributed by atoms with Crippen molar-refractivity contribution in [3.05, 3.63) is 89.7 Å². The number of nitriles is 2. The number of furan rings is 1. The van der Waals surface area contributed by atoms with Crippen LogP contribution in [0.15, 0.2) is 77.2 Å². The Hall–Kier alpha value is -4.61. The van der Waals surface area contributed by atoms with Crippen molar-refractivity contribution in [2.75, 3.05) is 0 Å². The highest BCUT2D eigenvalue weighted by Gasteiger charge is 2.20. The number of para-hydroxylation sites is 2. The van der Waals surface area contributed by atoms with Crippen LogP contribution in [0.1, 0.15) is 11.1 Å². The summed E-state index contributed by atoms with van der Waals surface area (Å²) >= 11 is 0.